The lowest BCUT2D eigenvalue weighted by Gasteiger charge is -2.29. The maximum Gasteiger partial charge on any atom is 0.258 e. The third-order valence-electron chi connectivity index (χ3n) is 4.92. The van der Waals surface area contributed by atoms with Crippen LogP contribution in [0, 0.1) is 5.92 Å². The highest BCUT2D eigenvalue weighted by atomic mass is 32.2. The predicted molar refractivity (Wildman–Crippen MR) is 102 cm³/mol. The third kappa shape index (κ3) is 3.65. The largest absolute Gasteiger partial charge is 0.334 e. The first-order valence-corrected chi connectivity index (χ1v) is 10.5. The number of hydrogen-bond acceptors (Lipinski definition) is 5. The van der Waals surface area contributed by atoms with Crippen LogP contribution in [0.5, 0.6) is 0 Å². The maximum absolute atomic E-state index is 13.0. The first kappa shape index (κ1) is 17.9. The van der Waals surface area contributed by atoms with Gasteiger partial charge in [-0.15, -0.1) is 0 Å². The molecule has 0 amide bonds. The molecule has 4 rings (SSSR count). The molecule has 6 nitrogen and oxygen atoms in total. The summed E-state index contributed by atoms with van der Waals surface area (Å²) in [7, 11) is -3.52. The molecular formula is C20H21N3O3S. The molecule has 0 atom stereocenters. The SMILES string of the molecule is CC1CCN(S(=O)(=O)c2cccc(-c3nc(-c4ccccc4)no3)c2)CC1. The molecule has 27 heavy (non-hydrogen) atoms. The summed E-state index contributed by atoms with van der Waals surface area (Å²) in [5.41, 5.74) is 1.44. The van der Waals surface area contributed by atoms with E-state index in [1.54, 1.807) is 28.6 Å². The van der Waals surface area contributed by atoms with Crippen molar-refractivity contribution in [2.75, 3.05) is 13.1 Å². The lowest BCUT2D eigenvalue weighted by Crippen LogP contribution is -2.37. The molecule has 1 aliphatic rings. The molecule has 0 saturated carbocycles. The Labute approximate surface area is 158 Å². The van der Waals surface area contributed by atoms with E-state index in [4.69, 9.17) is 4.52 Å². The van der Waals surface area contributed by atoms with E-state index >= 15 is 0 Å². The molecule has 1 aromatic heterocycles. The molecule has 3 aromatic rings. The van der Waals surface area contributed by atoms with Crippen molar-refractivity contribution in [3.63, 3.8) is 0 Å². The molecule has 0 unspecified atom stereocenters. The predicted octanol–water partition coefficient (Wildman–Crippen LogP) is 3.82. The monoisotopic (exact) mass is 383 g/mol. The molecule has 7 heteroatoms. The van der Waals surface area contributed by atoms with Gasteiger partial charge >= 0.3 is 0 Å². The van der Waals surface area contributed by atoms with Gasteiger partial charge in [0.2, 0.25) is 15.8 Å². The Hall–Kier alpha value is -2.51. The molecule has 0 N–H and O–H groups in total. The molecule has 0 bridgehead atoms. The summed E-state index contributed by atoms with van der Waals surface area (Å²) >= 11 is 0. The van der Waals surface area contributed by atoms with E-state index in [0.29, 0.717) is 36.3 Å². The average Bonchev–Trinajstić information content (AvgIpc) is 3.19. The fourth-order valence-corrected chi connectivity index (χ4v) is 4.73. The van der Waals surface area contributed by atoms with Gasteiger partial charge in [0.1, 0.15) is 0 Å². The van der Waals surface area contributed by atoms with Crippen LogP contribution in [0.4, 0.5) is 0 Å². The van der Waals surface area contributed by atoms with Gasteiger partial charge in [0.15, 0.2) is 0 Å². The first-order chi connectivity index (χ1) is 13.0. The van der Waals surface area contributed by atoms with Gasteiger partial charge in [0.25, 0.3) is 5.89 Å². The van der Waals surface area contributed by atoms with Gasteiger partial charge in [-0.2, -0.15) is 9.29 Å². The summed E-state index contributed by atoms with van der Waals surface area (Å²) in [6.45, 7) is 3.28. The number of nitrogens with zero attached hydrogens (tertiary/aromatic N) is 3. The van der Waals surface area contributed by atoms with E-state index in [9.17, 15) is 8.42 Å². The maximum atomic E-state index is 13.0. The van der Waals surface area contributed by atoms with Gasteiger partial charge in [-0.25, -0.2) is 8.42 Å². The summed E-state index contributed by atoms with van der Waals surface area (Å²) in [5.74, 6) is 1.35. The van der Waals surface area contributed by atoms with Crippen LogP contribution in [-0.4, -0.2) is 36.0 Å². The van der Waals surface area contributed by atoms with E-state index in [0.717, 1.165) is 18.4 Å². The van der Waals surface area contributed by atoms with Crippen molar-refractivity contribution < 1.29 is 12.9 Å². The van der Waals surface area contributed by atoms with Crippen molar-refractivity contribution in [1.82, 2.24) is 14.4 Å². The summed E-state index contributed by atoms with van der Waals surface area (Å²) in [6.07, 6.45) is 1.78. The Morgan fingerprint density at radius 3 is 2.44 bits per heavy atom. The zero-order chi connectivity index (χ0) is 18.9. The van der Waals surface area contributed by atoms with Crippen LogP contribution in [0.2, 0.25) is 0 Å². The Kier molecular flexibility index (Phi) is 4.80. The quantitative estimate of drug-likeness (QED) is 0.684. The number of sulfonamides is 1. The minimum absolute atomic E-state index is 0.258. The molecule has 140 valence electrons. The molecule has 2 aromatic carbocycles. The van der Waals surface area contributed by atoms with Crippen LogP contribution < -0.4 is 0 Å². The van der Waals surface area contributed by atoms with E-state index in [2.05, 4.69) is 17.1 Å². The van der Waals surface area contributed by atoms with Crippen LogP contribution in [0.15, 0.2) is 64.0 Å². The summed E-state index contributed by atoms with van der Waals surface area (Å²) < 4.78 is 32.9. The molecule has 1 aliphatic heterocycles. The highest BCUT2D eigenvalue weighted by Gasteiger charge is 2.28. The number of aromatic nitrogens is 2. The van der Waals surface area contributed by atoms with Crippen molar-refractivity contribution in [3.05, 3.63) is 54.6 Å². The van der Waals surface area contributed by atoms with Crippen LogP contribution >= 0.6 is 0 Å². The van der Waals surface area contributed by atoms with Gasteiger partial charge in [0.05, 0.1) is 4.90 Å². The average molecular weight is 383 g/mol. The zero-order valence-electron chi connectivity index (χ0n) is 15.1. The van der Waals surface area contributed by atoms with E-state index < -0.39 is 10.0 Å². The third-order valence-corrected chi connectivity index (χ3v) is 6.81. The van der Waals surface area contributed by atoms with E-state index in [1.165, 1.54) is 0 Å². The molecule has 1 saturated heterocycles. The fraction of sp³-hybridized carbons (Fsp3) is 0.300. The van der Waals surface area contributed by atoms with Crippen molar-refractivity contribution in [1.29, 1.82) is 0 Å². The number of hydrogen-bond donors (Lipinski definition) is 0. The highest BCUT2D eigenvalue weighted by molar-refractivity contribution is 7.89. The van der Waals surface area contributed by atoms with Gasteiger partial charge < -0.3 is 4.52 Å². The summed E-state index contributed by atoms with van der Waals surface area (Å²) in [5, 5.41) is 4.01. The second kappa shape index (κ2) is 7.25. The zero-order valence-corrected chi connectivity index (χ0v) is 15.9. The van der Waals surface area contributed by atoms with Gasteiger partial charge in [-0.3, -0.25) is 0 Å². The standard InChI is InChI=1S/C20H21N3O3S/c1-15-10-12-23(13-11-15)27(24,25)18-9-5-8-17(14-18)20-21-19(22-26-20)16-6-3-2-4-7-16/h2-9,14-15H,10-13H2,1H3. The van der Waals surface area contributed by atoms with Crippen molar-refractivity contribution in [2.24, 2.45) is 5.92 Å². The molecule has 1 fully saturated rings. The van der Waals surface area contributed by atoms with Crippen LogP contribution in [-0.2, 0) is 10.0 Å². The smallest absolute Gasteiger partial charge is 0.258 e. The Balaban J connectivity index is 1.62. The van der Waals surface area contributed by atoms with Gasteiger partial charge in [-0.05, 0) is 37.0 Å². The molecular weight excluding hydrogens is 362 g/mol. The second-order valence-electron chi connectivity index (χ2n) is 6.90. The summed E-state index contributed by atoms with van der Waals surface area (Å²) in [6, 6.07) is 16.2. The summed E-state index contributed by atoms with van der Waals surface area (Å²) in [4.78, 5) is 4.67. The van der Waals surface area contributed by atoms with Crippen LogP contribution in [0.1, 0.15) is 19.8 Å². The van der Waals surface area contributed by atoms with Gasteiger partial charge in [-0.1, -0.05) is 48.5 Å². The number of benzene rings is 2. The van der Waals surface area contributed by atoms with Crippen molar-refractivity contribution in [2.45, 2.75) is 24.7 Å². The highest BCUT2D eigenvalue weighted by Crippen LogP contribution is 2.27. The molecule has 2 heterocycles. The lowest BCUT2D eigenvalue weighted by atomic mass is 10.0. The number of rotatable bonds is 4. The Morgan fingerprint density at radius 1 is 1.00 bits per heavy atom. The molecule has 0 spiro atoms. The van der Waals surface area contributed by atoms with E-state index in [1.807, 2.05) is 30.3 Å². The van der Waals surface area contributed by atoms with Gasteiger partial charge in [0, 0.05) is 24.2 Å². The minimum atomic E-state index is -3.52. The normalized spacial score (nSPS) is 16.5. The fourth-order valence-electron chi connectivity index (χ4n) is 3.21. The number of piperidine rings is 1. The second-order valence-corrected chi connectivity index (χ2v) is 8.84. The van der Waals surface area contributed by atoms with Crippen LogP contribution in [0.3, 0.4) is 0 Å². The van der Waals surface area contributed by atoms with Crippen molar-refractivity contribution >= 4 is 10.0 Å². The lowest BCUT2D eigenvalue weighted by molar-refractivity contribution is 0.288. The van der Waals surface area contributed by atoms with Crippen molar-refractivity contribution in [3.8, 4) is 22.8 Å². The van der Waals surface area contributed by atoms with E-state index in [-0.39, 0.29) is 4.90 Å². The topological polar surface area (TPSA) is 76.3 Å². The van der Waals surface area contributed by atoms with Crippen LogP contribution in [0.25, 0.3) is 22.8 Å². The first-order valence-electron chi connectivity index (χ1n) is 9.04. The molecule has 0 aliphatic carbocycles. The minimum Gasteiger partial charge on any atom is -0.334 e. The molecule has 0 radical (unpaired) electrons. The Morgan fingerprint density at radius 2 is 1.70 bits per heavy atom. The Bertz CT molecular complexity index is 1020.